The largest absolute Gasteiger partial charge is 0.462 e. The van der Waals surface area contributed by atoms with Crippen LogP contribution in [-0.2, 0) is 14.3 Å². The Morgan fingerprint density at radius 1 is 0.475 bits per heavy atom. The number of aliphatic hydroxyl groups excluding tert-OH is 2. The number of ether oxygens (including phenoxy) is 1. The molecular formula is C55H105NO5. The van der Waals surface area contributed by atoms with Crippen molar-refractivity contribution in [1.29, 1.82) is 0 Å². The number of hydrogen-bond donors (Lipinski definition) is 3. The molecule has 0 aromatic rings. The zero-order valence-corrected chi connectivity index (χ0v) is 41.1. The predicted octanol–water partition coefficient (Wildman–Crippen LogP) is 16.3. The van der Waals surface area contributed by atoms with Gasteiger partial charge in [0.15, 0.2) is 0 Å². The fourth-order valence-corrected chi connectivity index (χ4v) is 8.40. The standard InChI is InChI=1S/C55H105NO5/c1-4-7-10-13-16-19-22-24-26-28-30-33-35-38-41-44-47-53(58)52(50-57)56-54(59)49-51(61-55(60)48-45-42-39-36-31-21-18-15-12-9-6-3)46-43-40-37-34-32-29-27-25-23-20-17-14-11-8-5-2/h17,20,25,27,51-53,57-58H,4-16,18-19,21-24,26,28-50H2,1-3H3,(H,56,59)/b20-17-,27-25-. The smallest absolute Gasteiger partial charge is 0.306 e. The fraction of sp³-hybridized carbons (Fsp3) is 0.891. The number of unbranched alkanes of at least 4 members (excludes halogenated alkanes) is 33. The van der Waals surface area contributed by atoms with Crippen molar-refractivity contribution in [3.63, 3.8) is 0 Å². The molecule has 0 aromatic heterocycles. The van der Waals surface area contributed by atoms with Crippen molar-refractivity contribution in [2.45, 2.75) is 309 Å². The zero-order valence-electron chi connectivity index (χ0n) is 41.1. The molecule has 0 aliphatic carbocycles. The molecule has 0 saturated carbocycles. The molecule has 360 valence electrons. The van der Waals surface area contributed by atoms with Crippen LogP contribution < -0.4 is 5.32 Å². The number of carbonyl (C=O) groups excluding carboxylic acids is 2. The maximum absolute atomic E-state index is 13.2. The van der Waals surface area contributed by atoms with Gasteiger partial charge in [0, 0.05) is 6.42 Å². The van der Waals surface area contributed by atoms with E-state index in [1.54, 1.807) is 0 Å². The lowest BCUT2D eigenvalue weighted by Gasteiger charge is -2.24. The number of hydrogen-bond acceptors (Lipinski definition) is 5. The summed E-state index contributed by atoms with van der Waals surface area (Å²) >= 11 is 0. The van der Waals surface area contributed by atoms with E-state index in [0.717, 1.165) is 64.2 Å². The lowest BCUT2D eigenvalue weighted by molar-refractivity contribution is -0.151. The molecule has 0 heterocycles. The molecule has 3 N–H and O–H groups in total. The van der Waals surface area contributed by atoms with Gasteiger partial charge in [-0.25, -0.2) is 0 Å². The molecular weight excluding hydrogens is 755 g/mol. The first-order valence-electron chi connectivity index (χ1n) is 27.1. The van der Waals surface area contributed by atoms with Crippen molar-refractivity contribution in [1.82, 2.24) is 5.32 Å². The van der Waals surface area contributed by atoms with Crippen LogP contribution in [-0.4, -0.2) is 46.9 Å². The van der Waals surface area contributed by atoms with Gasteiger partial charge >= 0.3 is 5.97 Å². The minimum atomic E-state index is -0.787. The van der Waals surface area contributed by atoms with E-state index in [4.69, 9.17) is 4.74 Å². The van der Waals surface area contributed by atoms with Crippen LogP contribution in [0.1, 0.15) is 290 Å². The van der Waals surface area contributed by atoms with Crippen LogP contribution in [0.5, 0.6) is 0 Å². The summed E-state index contributed by atoms with van der Waals surface area (Å²) in [6.07, 6.45) is 56.6. The summed E-state index contributed by atoms with van der Waals surface area (Å²) in [6, 6.07) is -0.701. The molecule has 0 aromatic carbocycles. The SMILES string of the molecule is CCCCC/C=C\C/C=C\CCCCCCCC(CC(=O)NC(CO)C(O)CCCCCCCCCCCCCCCCCC)OC(=O)CCCCCCCCCCCCC. The van der Waals surface area contributed by atoms with Crippen LogP contribution in [0, 0.1) is 0 Å². The molecule has 0 rings (SSSR count). The van der Waals surface area contributed by atoms with E-state index in [1.807, 2.05) is 0 Å². The van der Waals surface area contributed by atoms with Crippen molar-refractivity contribution in [3.8, 4) is 0 Å². The molecule has 1 amide bonds. The first-order chi connectivity index (χ1) is 30.0. The topological polar surface area (TPSA) is 95.9 Å². The first kappa shape index (κ1) is 59.3. The summed E-state index contributed by atoms with van der Waals surface area (Å²) in [5.41, 5.74) is 0. The van der Waals surface area contributed by atoms with Crippen LogP contribution in [0.15, 0.2) is 24.3 Å². The zero-order chi connectivity index (χ0) is 44.5. The Balaban J connectivity index is 4.52. The summed E-state index contributed by atoms with van der Waals surface area (Å²) in [4.78, 5) is 26.1. The highest BCUT2D eigenvalue weighted by atomic mass is 16.5. The Kier molecular flexibility index (Phi) is 48.0. The average molecular weight is 860 g/mol. The molecule has 0 radical (unpaired) electrons. The molecule has 3 unspecified atom stereocenters. The van der Waals surface area contributed by atoms with Crippen LogP contribution in [0.3, 0.4) is 0 Å². The quantitative estimate of drug-likeness (QED) is 0.0322. The van der Waals surface area contributed by atoms with E-state index < -0.39 is 18.2 Å². The Morgan fingerprint density at radius 2 is 0.836 bits per heavy atom. The highest BCUT2D eigenvalue weighted by Crippen LogP contribution is 2.18. The Labute approximate surface area is 380 Å². The lowest BCUT2D eigenvalue weighted by Crippen LogP contribution is -2.46. The lowest BCUT2D eigenvalue weighted by atomic mass is 10.0. The average Bonchev–Trinajstić information content (AvgIpc) is 3.25. The van der Waals surface area contributed by atoms with Gasteiger partial charge in [0.2, 0.25) is 5.91 Å². The molecule has 0 bridgehead atoms. The number of aliphatic hydroxyl groups is 2. The Hall–Kier alpha value is -1.66. The molecule has 6 heteroatoms. The van der Waals surface area contributed by atoms with Gasteiger partial charge in [-0.05, 0) is 57.8 Å². The molecule has 6 nitrogen and oxygen atoms in total. The number of carbonyl (C=O) groups is 2. The van der Waals surface area contributed by atoms with Crippen LogP contribution in [0.25, 0.3) is 0 Å². The van der Waals surface area contributed by atoms with Gasteiger partial charge in [-0.15, -0.1) is 0 Å². The van der Waals surface area contributed by atoms with Gasteiger partial charge in [-0.2, -0.15) is 0 Å². The predicted molar refractivity (Wildman–Crippen MR) is 264 cm³/mol. The normalized spacial score (nSPS) is 13.3. The minimum Gasteiger partial charge on any atom is -0.462 e. The van der Waals surface area contributed by atoms with Crippen molar-refractivity contribution in [2.75, 3.05) is 6.61 Å². The van der Waals surface area contributed by atoms with Crippen LogP contribution in [0.2, 0.25) is 0 Å². The van der Waals surface area contributed by atoms with Crippen molar-refractivity contribution < 1.29 is 24.5 Å². The third-order valence-electron chi connectivity index (χ3n) is 12.5. The van der Waals surface area contributed by atoms with E-state index >= 15 is 0 Å². The highest BCUT2D eigenvalue weighted by Gasteiger charge is 2.24. The van der Waals surface area contributed by atoms with Crippen LogP contribution >= 0.6 is 0 Å². The second-order valence-corrected chi connectivity index (χ2v) is 18.6. The molecule has 61 heavy (non-hydrogen) atoms. The molecule has 3 atom stereocenters. The van der Waals surface area contributed by atoms with Gasteiger partial charge in [-0.3, -0.25) is 9.59 Å². The van der Waals surface area contributed by atoms with E-state index in [-0.39, 0.29) is 24.9 Å². The third-order valence-corrected chi connectivity index (χ3v) is 12.5. The Bertz CT molecular complexity index is 966. The minimum absolute atomic E-state index is 0.0735. The summed E-state index contributed by atoms with van der Waals surface area (Å²) in [6.45, 7) is 6.47. The third kappa shape index (κ3) is 44.7. The first-order valence-corrected chi connectivity index (χ1v) is 27.1. The molecule has 0 saturated heterocycles. The van der Waals surface area contributed by atoms with E-state index in [1.165, 1.54) is 180 Å². The fourth-order valence-electron chi connectivity index (χ4n) is 8.40. The summed E-state index contributed by atoms with van der Waals surface area (Å²) in [7, 11) is 0. The highest BCUT2D eigenvalue weighted by molar-refractivity contribution is 5.77. The summed E-state index contributed by atoms with van der Waals surface area (Å²) < 4.78 is 5.93. The van der Waals surface area contributed by atoms with Gasteiger partial charge in [0.1, 0.15) is 6.10 Å². The Morgan fingerprint density at radius 3 is 1.28 bits per heavy atom. The molecule has 0 fully saturated rings. The van der Waals surface area contributed by atoms with Gasteiger partial charge in [0.05, 0.1) is 25.2 Å². The molecule has 0 aliphatic heterocycles. The summed E-state index contributed by atoms with van der Waals surface area (Å²) in [5, 5.41) is 23.8. The van der Waals surface area contributed by atoms with Gasteiger partial charge in [-0.1, -0.05) is 244 Å². The number of rotatable bonds is 49. The molecule has 0 spiro atoms. The van der Waals surface area contributed by atoms with E-state index in [0.29, 0.717) is 19.3 Å². The summed E-state index contributed by atoms with van der Waals surface area (Å²) in [5.74, 6) is -0.473. The number of amides is 1. The maximum atomic E-state index is 13.2. The van der Waals surface area contributed by atoms with Crippen molar-refractivity contribution in [2.24, 2.45) is 0 Å². The number of nitrogens with one attached hydrogen (secondary N) is 1. The second kappa shape index (κ2) is 49.4. The molecule has 0 aliphatic rings. The number of esters is 1. The van der Waals surface area contributed by atoms with Crippen molar-refractivity contribution in [3.05, 3.63) is 24.3 Å². The van der Waals surface area contributed by atoms with Crippen molar-refractivity contribution >= 4 is 11.9 Å². The second-order valence-electron chi connectivity index (χ2n) is 18.6. The van der Waals surface area contributed by atoms with Gasteiger partial charge in [0.25, 0.3) is 0 Å². The van der Waals surface area contributed by atoms with Crippen LogP contribution in [0.4, 0.5) is 0 Å². The van der Waals surface area contributed by atoms with E-state index in [9.17, 15) is 19.8 Å². The maximum Gasteiger partial charge on any atom is 0.306 e. The van der Waals surface area contributed by atoms with Gasteiger partial charge < -0.3 is 20.3 Å². The monoisotopic (exact) mass is 860 g/mol. The van der Waals surface area contributed by atoms with E-state index in [2.05, 4.69) is 50.4 Å². The number of allylic oxidation sites excluding steroid dienone is 4.